The largest absolute Gasteiger partial charge is 0.467 e. The van der Waals surface area contributed by atoms with Gasteiger partial charge in [-0.25, -0.2) is 9.59 Å². The minimum absolute atomic E-state index is 0.0862. The van der Waals surface area contributed by atoms with E-state index in [1.54, 1.807) is 27.7 Å². The summed E-state index contributed by atoms with van der Waals surface area (Å²) in [7, 11) is 1.23. The van der Waals surface area contributed by atoms with E-state index < -0.39 is 35.9 Å². The van der Waals surface area contributed by atoms with Crippen molar-refractivity contribution in [3.8, 4) is 0 Å². The Bertz CT molecular complexity index is 613. The molecule has 0 aromatic heterocycles. The van der Waals surface area contributed by atoms with Gasteiger partial charge in [0.2, 0.25) is 0 Å². The Morgan fingerprint density at radius 1 is 1.17 bits per heavy atom. The molecule has 2 N–H and O–H groups in total. The number of alkyl carbamates (subject to hydrolysis) is 1. The predicted molar refractivity (Wildman–Crippen MR) is 107 cm³/mol. The Kier molecular flexibility index (Phi) is 10.6. The predicted octanol–water partition coefficient (Wildman–Crippen LogP) is 2.43. The zero-order chi connectivity index (χ0) is 21.9. The first kappa shape index (κ1) is 24.9. The molecule has 0 fully saturated rings. The average molecular weight is 411 g/mol. The van der Waals surface area contributed by atoms with Crippen LogP contribution in [0.2, 0.25) is 0 Å². The number of carbonyl (C=O) groups excluding carboxylic acids is 2. The van der Waals surface area contributed by atoms with Crippen LogP contribution in [0.25, 0.3) is 0 Å². The summed E-state index contributed by atoms with van der Waals surface area (Å²) < 4.78 is 21.1. The quantitative estimate of drug-likeness (QED) is 0.426. The summed E-state index contributed by atoms with van der Waals surface area (Å²) in [4.78, 5) is 23.8. The number of ether oxygens (including phenoxy) is 4. The minimum atomic E-state index is -0.995. The number of rotatable bonds is 11. The van der Waals surface area contributed by atoms with Crippen LogP contribution in [0.3, 0.4) is 0 Å². The zero-order valence-electron chi connectivity index (χ0n) is 17.8. The molecule has 0 aliphatic carbocycles. The summed E-state index contributed by atoms with van der Waals surface area (Å²) in [5.41, 5.74) is 0.318. The number of nitrogens with one attached hydrogen (secondary N) is 1. The van der Waals surface area contributed by atoms with Gasteiger partial charge in [0.1, 0.15) is 5.60 Å². The van der Waals surface area contributed by atoms with E-state index in [2.05, 4.69) is 5.32 Å². The highest BCUT2D eigenvalue weighted by atomic mass is 16.6. The summed E-state index contributed by atoms with van der Waals surface area (Å²) in [5.74, 6) is -0.636. The lowest BCUT2D eigenvalue weighted by Gasteiger charge is -2.23. The Morgan fingerprint density at radius 3 is 2.38 bits per heavy atom. The second-order valence-electron chi connectivity index (χ2n) is 7.66. The second kappa shape index (κ2) is 12.4. The normalized spacial score (nSPS) is 14.6. The number of hydrogen-bond acceptors (Lipinski definition) is 7. The number of amides is 1. The van der Waals surface area contributed by atoms with Crippen molar-refractivity contribution in [1.82, 2.24) is 5.32 Å². The molecule has 0 saturated heterocycles. The van der Waals surface area contributed by atoms with Gasteiger partial charge in [-0.15, -0.1) is 0 Å². The molecule has 1 rings (SSSR count). The molecular weight excluding hydrogens is 378 g/mol. The first-order chi connectivity index (χ1) is 13.6. The van der Waals surface area contributed by atoms with Crippen molar-refractivity contribution in [1.29, 1.82) is 0 Å². The van der Waals surface area contributed by atoms with E-state index in [4.69, 9.17) is 18.9 Å². The molecule has 2 unspecified atom stereocenters. The van der Waals surface area contributed by atoms with Crippen molar-refractivity contribution in [3.05, 3.63) is 35.9 Å². The molecule has 1 aromatic carbocycles. The number of hydrogen-bond donors (Lipinski definition) is 2. The Labute approximate surface area is 172 Å². The summed E-state index contributed by atoms with van der Waals surface area (Å²) >= 11 is 0. The molecule has 8 nitrogen and oxygen atoms in total. The minimum Gasteiger partial charge on any atom is -0.467 e. The molecule has 1 amide bonds. The highest BCUT2D eigenvalue weighted by Gasteiger charge is 2.25. The van der Waals surface area contributed by atoms with Crippen LogP contribution in [0.4, 0.5) is 4.79 Å². The maximum absolute atomic E-state index is 11.9. The highest BCUT2D eigenvalue weighted by Crippen LogP contribution is 2.10. The first-order valence-electron chi connectivity index (χ1n) is 9.61. The van der Waals surface area contributed by atoms with Gasteiger partial charge in [0.05, 0.1) is 32.5 Å². The maximum atomic E-state index is 11.9. The van der Waals surface area contributed by atoms with Crippen molar-refractivity contribution < 1.29 is 33.6 Å². The molecule has 8 heteroatoms. The van der Waals surface area contributed by atoms with E-state index in [9.17, 15) is 14.7 Å². The van der Waals surface area contributed by atoms with Crippen LogP contribution in [0.5, 0.6) is 0 Å². The fourth-order valence-corrected chi connectivity index (χ4v) is 2.40. The fraction of sp³-hybridized carbons (Fsp3) is 0.619. The van der Waals surface area contributed by atoms with E-state index in [0.29, 0.717) is 13.0 Å². The topological polar surface area (TPSA) is 103 Å². The number of carbonyl (C=O) groups is 2. The number of aliphatic hydroxyl groups excluding tert-OH is 1. The molecule has 0 aliphatic heterocycles. The van der Waals surface area contributed by atoms with E-state index in [-0.39, 0.29) is 13.2 Å². The van der Waals surface area contributed by atoms with Crippen molar-refractivity contribution in [2.24, 2.45) is 0 Å². The van der Waals surface area contributed by atoms with Crippen molar-refractivity contribution in [2.45, 2.75) is 64.6 Å². The highest BCUT2D eigenvalue weighted by molar-refractivity contribution is 5.81. The SMILES string of the molecule is COC(=O)C(COCC[C@H](OCc1ccccc1)C(C)O)NC(=O)OC(C)(C)C. The zero-order valence-corrected chi connectivity index (χ0v) is 17.8. The second-order valence-corrected chi connectivity index (χ2v) is 7.66. The van der Waals surface area contributed by atoms with Gasteiger partial charge in [0.15, 0.2) is 6.04 Å². The van der Waals surface area contributed by atoms with E-state index in [1.807, 2.05) is 30.3 Å². The smallest absolute Gasteiger partial charge is 0.408 e. The van der Waals surface area contributed by atoms with Crippen LogP contribution in [-0.4, -0.2) is 61.3 Å². The lowest BCUT2D eigenvalue weighted by molar-refractivity contribution is -0.145. The lowest BCUT2D eigenvalue weighted by atomic mass is 10.1. The van der Waals surface area contributed by atoms with Crippen LogP contribution in [0, 0.1) is 0 Å². The van der Waals surface area contributed by atoms with Gasteiger partial charge in [-0.05, 0) is 39.7 Å². The summed E-state index contributed by atoms with van der Waals surface area (Å²) in [6.07, 6.45) is -1.42. The molecule has 3 atom stereocenters. The van der Waals surface area contributed by atoms with Crippen molar-refractivity contribution in [3.63, 3.8) is 0 Å². The number of methoxy groups -OCH3 is 1. The van der Waals surface area contributed by atoms with Crippen LogP contribution in [0.1, 0.15) is 39.7 Å². The third-order valence-corrected chi connectivity index (χ3v) is 3.85. The van der Waals surface area contributed by atoms with E-state index in [1.165, 1.54) is 7.11 Å². The van der Waals surface area contributed by atoms with Crippen LogP contribution < -0.4 is 5.32 Å². The van der Waals surface area contributed by atoms with Gasteiger partial charge in [0, 0.05) is 6.61 Å². The van der Waals surface area contributed by atoms with Gasteiger partial charge in [-0.2, -0.15) is 0 Å². The molecule has 0 heterocycles. The molecule has 1 aromatic rings. The molecule has 29 heavy (non-hydrogen) atoms. The monoisotopic (exact) mass is 411 g/mol. The van der Waals surface area contributed by atoms with Crippen LogP contribution >= 0.6 is 0 Å². The molecular formula is C21H33NO7. The van der Waals surface area contributed by atoms with Gasteiger partial charge < -0.3 is 29.4 Å². The molecule has 164 valence electrons. The summed E-state index contributed by atoms with van der Waals surface area (Å²) in [6.45, 7) is 7.34. The molecule has 0 aliphatic rings. The maximum Gasteiger partial charge on any atom is 0.408 e. The number of benzene rings is 1. The van der Waals surface area contributed by atoms with Crippen LogP contribution in [0.15, 0.2) is 30.3 Å². The van der Waals surface area contributed by atoms with Crippen LogP contribution in [-0.2, 0) is 30.3 Å². The van der Waals surface area contributed by atoms with E-state index >= 15 is 0 Å². The molecule has 0 saturated carbocycles. The van der Waals surface area contributed by atoms with Crippen molar-refractivity contribution in [2.75, 3.05) is 20.3 Å². The third kappa shape index (κ3) is 10.8. The Hall–Kier alpha value is -2.16. The van der Waals surface area contributed by atoms with Gasteiger partial charge in [0.25, 0.3) is 0 Å². The summed E-state index contributed by atoms with van der Waals surface area (Å²) in [6, 6.07) is 8.66. The Balaban J connectivity index is 2.46. The van der Waals surface area contributed by atoms with Crippen molar-refractivity contribution >= 4 is 12.1 Å². The average Bonchev–Trinajstić information content (AvgIpc) is 2.64. The number of esters is 1. The van der Waals surface area contributed by atoms with Gasteiger partial charge in [-0.1, -0.05) is 30.3 Å². The third-order valence-electron chi connectivity index (χ3n) is 3.85. The Morgan fingerprint density at radius 2 is 1.83 bits per heavy atom. The molecule has 0 spiro atoms. The first-order valence-corrected chi connectivity index (χ1v) is 9.61. The summed E-state index contributed by atoms with van der Waals surface area (Å²) in [5, 5.41) is 12.4. The number of aliphatic hydroxyl groups is 1. The van der Waals surface area contributed by atoms with E-state index in [0.717, 1.165) is 5.56 Å². The lowest BCUT2D eigenvalue weighted by Crippen LogP contribution is -2.46. The van der Waals surface area contributed by atoms with Gasteiger partial charge in [-0.3, -0.25) is 0 Å². The molecule has 0 radical (unpaired) electrons. The van der Waals surface area contributed by atoms with Gasteiger partial charge >= 0.3 is 12.1 Å². The fourth-order valence-electron chi connectivity index (χ4n) is 2.40. The standard InChI is InChI=1S/C21H33NO7/c1-15(23)18(28-13-16-9-7-6-8-10-16)11-12-27-14-17(19(24)26-5)22-20(25)29-21(2,3)4/h6-10,15,17-18,23H,11-14H2,1-5H3,(H,22,25)/t15?,17?,18-/m0/s1. The molecule has 0 bridgehead atoms.